The number of rotatable bonds is 4. The number of nitrogens with zero attached hydrogens (tertiary/aromatic N) is 2. The number of carbonyl (C=O) groups excluding carboxylic acids is 1. The molecular formula is C21H29N3O2. The van der Waals surface area contributed by atoms with Gasteiger partial charge in [-0.15, -0.1) is 0 Å². The van der Waals surface area contributed by atoms with Gasteiger partial charge in [0, 0.05) is 49.3 Å². The van der Waals surface area contributed by atoms with Crippen LogP contribution in [0.2, 0.25) is 0 Å². The van der Waals surface area contributed by atoms with Crippen molar-refractivity contribution >= 4 is 16.8 Å². The van der Waals surface area contributed by atoms with E-state index in [2.05, 4.69) is 40.8 Å². The second kappa shape index (κ2) is 7.41. The van der Waals surface area contributed by atoms with Crippen molar-refractivity contribution < 1.29 is 9.53 Å². The summed E-state index contributed by atoms with van der Waals surface area (Å²) in [7, 11) is 0. The normalized spacial score (nSPS) is 27.3. The Bertz CT molecular complexity index is 761. The molecule has 0 aliphatic carbocycles. The lowest BCUT2D eigenvalue weighted by molar-refractivity contribution is -0.132. The largest absolute Gasteiger partial charge is 0.373 e. The van der Waals surface area contributed by atoms with Crippen LogP contribution in [0.4, 0.5) is 0 Å². The summed E-state index contributed by atoms with van der Waals surface area (Å²) < 4.78 is 5.84. The highest BCUT2D eigenvalue weighted by atomic mass is 16.5. The number of nitrogens with one attached hydrogen (secondary N) is 1. The monoisotopic (exact) mass is 355 g/mol. The summed E-state index contributed by atoms with van der Waals surface area (Å²) in [6.45, 7) is 8.06. The average Bonchev–Trinajstić information content (AvgIpc) is 3.21. The average molecular weight is 355 g/mol. The van der Waals surface area contributed by atoms with E-state index in [4.69, 9.17) is 4.74 Å². The van der Waals surface area contributed by atoms with Crippen LogP contribution in [-0.4, -0.2) is 65.1 Å². The standard InChI is InChI=1S/C21H29N3O2/c1-15-12-23(13-16(2)26-15)14-18-6-5-9-24(18)21(25)10-17-11-22-20-8-4-3-7-19(17)20/h3-4,7-8,11,15-16,18,22H,5-6,9-10,12-14H2,1-2H3/t15-,16-,18+/m1/s1. The summed E-state index contributed by atoms with van der Waals surface area (Å²) in [6, 6.07) is 8.54. The number of likely N-dealkylation sites (tertiary alicyclic amines) is 1. The summed E-state index contributed by atoms with van der Waals surface area (Å²) in [5.41, 5.74) is 2.20. The fourth-order valence-corrected chi connectivity index (χ4v) is 4.63. The molecule has 4 rings (SSSR count). The molecule has 140 valence electrons. The molecule has 26 heavy (non-hydrogen) atoms. The fraction of sp³-hybridized carbons (Fsp3) is 0.571. The molecule has 0 bridgehead atoms. The molecule has 1 aromatic carbocycles. The van der Waals surface area contributed by atoms with E-state index in [1.807, 2.05) is 18.3 Å². The Labute approximate surface area is 155 Å². The van der Waals surface area contributed by atoms with Crippen LogP contribution in [-0.2, 0) is 16.0 Å². The van der Waals surface area contributed by atoms with Gasteiger partial charge in [-0.2, -0.15) is 0 Å². The molecular weight excluding hydrogens is 326 g/mol. The Morgan fingerprint density at radius 2 is 2.00 bits per heavy atom. The molecule has 2 saturated heterocycles. The number of amides is 1. The van der Waals surface area contributed by atoms with Crippen LogP contribution in [0.3, 0.4) is 0 Å². The van der Waals surface area contributed by atoms with Crippen LogP contribution in [0, 0.1) is 0 Å². The van der Waals surface area contributed by atoms with E-state index in [-0.39, 0.29) is 18.1 Å². The van der Waals surface area contributed by atoms with Crippen molar-refractivity contribution in [1.29, 1.82) is 0 Å². The molecule has 1 aromatic heterocycles. The molecule has 3 heterocycles. The predicted molar refractivity (Wildman–Crippen MR) is 103 cm³/mol. The number of carbonyl (C=O) groups is 1. The summed E-state index contributed by atoms with van der Waals surface area (Å²) >= 11 is 0. The Balaban J connectivity index is 1.42. The summed E-state index contributed by atoms with van der Waals surface area (Å²) in [5.74, 6) is 0.256. The van der Waals surface area contributed by atoms with E-state index >= 15 is 0 Å². The first-order chi connectivity index (χ1) is 12.6. The Morgan fingerprint density at radius 3 is 2.81 bits per heavy atom. The molecule has 0 unspecified atom stereocenters. The van der Waals surface area contributed by atoms with Crippen molar-refractivity contribution in [2.45, 2.75) is 51.4 Å². The minimum absolute atomic E-state index is 0.256. The molecule has 5 nitrogen and oxygen atoms in total. The minimum atomic E-state index is 0.256. The molecule has 3 atom stereocenters. The van der Waals surface area contributed by atoms with Crippen LogP contribution >= 0.6 is 0 Å². The molecule has 5 heteroatoms. The number of hydrogen-bond acceptors (Lipinski definition) is 3. The molecule has 0 saturated carbocycles. The van der Waals surface area contributed by atoms with E-state index in [0.717, 1.165) is 55.5 Å². The quantitative estimate of drug-likeness (QED) is 0.917. The maximum atomic E-state index is 13.0. The van der Waals surface area contributed by atoms with Crippen molar-refractivity contribution in [3.8, 4) is 0 Å². The number of benzene rings is 1. The highest BCUT2D eigenvalue weighted by Crippen LogP contribution is 2.24. The Morgan fingerprint density at radius 1 is 1.23 bits per heavy atom. The van der Waals surface area contributed by atoms with Crippen molar-refractivity contribution in [1.82, 2.24) is 14.8 Å². The second-order valence-corrected chi connectivity index (χ2v) is 7.90. The lowest BCUT2D eigenvalue weighted by atomic mass is 10.1. The molecule has 2 aromatic rings. The summed E-state index contributed by atoms with van der Waals surface area (Å²) in [5, 5.41) is 1.16. The molecule has 0 spiro atoms. The van der Waals surface area contributed by atoms with E-state index < -0.39 is 0 Å². The first-order valence-electron chi connectivity index (χ1n) is 9.82. The topological polar surface area (TPSA) is 48.6 Å². The van der Waals surface area contributed by atoms with Gasteiger partial charge in [-0.25, -0.2) is 0 Å². The number of hydrogen-bond donors (Lipinski definition) is 1. The highest BCUT2D eigenvalue weighted by molar-refractivity contribution is 5.89. The molecule has 0 radical (unpaired) electrons. The molecule has 1 N–H and O–H groups in total. The third-order valence-corrected chi connectivity index (χ3v) is 5.68. The first kappa shape index (κ1) is 17.6. The van der Waals surface area contributed by atoms with Crippen molar-refractivity contribution in [3.05, 3.63) is 36.0 Å². The number of aromatic nitrogens is 1. The molecule has 2 aliphatic heterocycles. The number of aromatic amines is 1. The predicted octanol–water partition coefficient (Wildman–Crippen LogP) is 2.81. The van der Waals surface area contributed by atoms with Crippen LogP contribution in [0.25, 0.3) is 10.9 Å². The van der Waals surface area contributed by atoms with Gasteiger partial charge in [-0.1, -0.05) is 18.2 Å². The maximum Gasteiger partial charge on any atom is 0.227 e. The van der Waals surface area contributed by atoms with Gasteiger partial charge in [0.2, 0.25) is 5.91 Å². The summed E-state index contributed by atoms with van der Waals surface area (Å²) in [6.07, 6.45) is 5.24. The maximum absolute atomic E-state index is 13.0. The van der Waals surface area contributed by atoms with Gasteiger partial charge < -0.3 is 14.6 Å². The number of fused-ring (bicyclic) bond motifs is 1. The van der Waals surface area contributed by atoms with Gasteiger partial charge in [-0.05, 0) is 38.3 Å². The van der Waals surface area contributed by atoms with Crippen molar-refractivity contribution in [3.63, 3.8) is 0 Å². The van der Waals surface area contributed by atoms with Gasteiger partial charge in [-0.3, -0.25) is 9.69 Å². The van der Waals surface area contributed by atoms with Gasteiger partial charge in [0.25, 0.3) is 0 Å². The van der Waals surface area contributed by atoms with Gasteiger partial charge in [0.1, 0.15) is 0 Å². The third kappa shape index (κ3) is 3.64. The van der Waals surface area contributed by atoms with Crippen LogP contribution in [0.1, 0.15) is 32.3 Å². The molecule has 2 fully saturated rings. The van der Waals surface area contributed by atoms with E-state index in [1.165, 1.54) is 0 Å². The van der Waals surface area contributed by atoms with Crippen LogP contribution in [0.15, 0.2) is 30.5 Å². The zero-order chi connectivity index (χ0) is 18.1. The lowest BCUT2D eigenvalue weighted by Gasteiger charge is -2.38. The summed E-state index contributed by atoms with van der Waals surface area (Å²) in [4.78, 5) is 20.9. The van der Waals surface area contributed by atoms with Gasteiger partial charge in [0.15, 0.2) is 0 Å². The van der Waals surface area contributed by atoms with Crippen molar-refractivity contribution in [2.75, 3.05) is 26.2 Å². The van der Waals surface area contributed by atoms with Gasteiger partial charge in [0.05, 0.1) is 18.6 Å². The minimum Gasteiger partial charge on any atom is -0.373 e. The first-order valence-corrected chi connectivity index (χ1v) is 9.82. The Hall–Kier alpha value is -1.85. The van der Waals surface area contributed by atoms with E-state index in [9.17, 15) is 4.79 Å². The SMILES string of the molecule is C[C@@H]1CN(C[C@@H]2CCCN2C(=O)Cc2c[nH]c3ccccc23)C[C@@H](C)O1. The smallest absolute Gasteiger partial charge is 0.227 e. The second-order valence-electron chi connectivity index (χ2n) is 7.90. The Kier molecular flexibility index (Phi) is 5.00. The van der Waals surface area contributed by atoms with Crippen LogP contribution in [0.5, 0.6) is 0 Å². The number of para-hydroxylation sites is 1. The van der Waals surface area contributed by atoms with E-state index in [1.54, 1.807) is 0 Å². The highest BCUT2D eigenvalue weighted by Gasteiger charge is 2.32. The zero-order valence-corrected chi connectivity index (χ0v) is 15.8. The number of ether oxygens (including phenoxy) is 1. The lowest BCUT2D eigenvalue weighted by Crippen LogP contribution is -2.51. The van der Waals surface area contributed by atoms with Gasteiger partial charge >= 0.3 is 0 Å². The number of morpholine rings is 1. The van der Waals surface area contributed by atoms with Crippen LogP contribution < -0.4 is 0 Å². The molecule has 2 aliphatic rings. The van der Waals surface area contributed by atoms with Crippen molar-refractivity contribution in [2.24, 2.45) is 0 Å². The van der Waals surface area contributed by atoms with E-state index in [0.29, 0.717) is 12.5 Å². The molecule has 1 amide bonds. The fourth-order valence-electron chi connectivity index (χ4n) is 4.63. The zero-order valence-electron chi connectivity index (χ0n) is 15.8. The number of H-pyrrole nitrogens is 1. The third-order valence-electron chi connectivity index (χ3n) is 5.68.